The summed E-state index contributed by atoms with van der Waals surface area (Å²) in [7, 11) is 0. The lowest BCUT2D eigenvalue weighted by atomic mass is 10.1. The van der Waals surface area contributed by atoms with Gasteiger partial charge in [0, 0.05) is 19.0 Å². The van der Waals surface area contributed by atoms with Crippen molar-refractivity contribution in [1.29, 1.82) is 0 Å². The second-order valence-electron chi connectivity index (χ2n) is 9.13. The molecule has 160 valence electrons. The molecular formula is C20H35N3O5. The van der Waals surface area contributed by atoms with Gasteiger partial charge in [0.1, 0.15) is 17.4 Å². The first kappa shape index (κ1) is 22.5. The lowest BCUT2D eigenvalue weighted by Crippen LogP contribution is -2.56. The van der Waals surface area contributed by atoms with Crippen LogP contribution in [0.15, 0.2) is 0 Å². The van der Waals surface area contributed by atoms with E-state index < -0.39 is 29.6 Å². The molecule has 8 heteroatoms. The average Bonchev–Trinajstić information content (AvgIpc) is 3.14. The van der Waals surface area contributed by atoms with E-state index in [1.807, 2.05) is 0 Å². The van der Waals surface area contributed by atoms with Gasteiger partial charge in [-0.3, -0.25) is 14.5 Å². The third-order valence-electron chi connectivity index (χ3n) is 5.09. The van der Waals surface area contributed by atoms with Gasteiger partial charge in [0.05, 0.1) is 6.10 Å². The number of carbonyl (C=O) groups excluding carboxylic acids is 3. The van der Waals surface area contributed by atoms with Crippen LogP contribution in [0, 0.1) is 5.92 Å². The molecule has 0 aromatic heterocycles. The maximum Gasteiger partial charge on any atom is 0.413 e. The van der Waals surface area contributed by atoms with Crippen molar-refractivity contribution in [3.05, 3.63) is 0 Å². The van der Waals surface area contributed by atoms with Gasteiger partial charge in [-0.2, -0.15) is 0 Å². The van der Waals surface area contributed by atoms with Gasteiger partial charge >= 0.3 is 6.09 Å². The Kier molecular flexibility index (Phi) is 6.96. The Hall–Kier alpha value is -1.83. The van der Waals surface area contributed by atoms with Gasteiger partial charge in [-0.05, 0) is 54.4 Å². The molecule has 28 heavy (non-hydrogen) atoms. The standard InChI is InChI=1S/C20H35N3O5/c1-13-15(23(20(5,6)27-13)18(26)28-19(2,3)4)17(25)22-12-11-21-16(24)14-9-7-8-10-14/h13-15H,7-12H2,1-6H3,(H,21,24)(H,22,25)/t13-,15+/m0/s1. The molecule has 3 amide bonds. The Morgan fingerprint density at radius 2 is 1.61 bits per heavy atom. The molecule has 8 nitrogen and oxygen atoms in total. The zero-order valence-electron chi connectivity index (χ0n) is 18.0. The Labute approximate surface area is 167 Å². The molecule has 2 rings (SSSR count). The molecule has 0 bridgehead atoms. The largest absolute Gasteiger partial charge is 0.444 e. The molecule has 1 heterocycles. The summed E-state index contributed by atoms with van der Waals surface area (Å²) in [6, 6.07) is -0.796. The Bertz CT molecular complexity index is 593. The van der Waals surface area contributed by atoms with Crippen LogP contribution in [-0.4, -0.2) is 59.4 Å². The summed E-state index contributed by atoms with van der Waals surface area (Å²) in [6.07, 6.45) is 3.02. The van der Waals surface area contributed by atoms with Crippen LogP contribution >= 0.6 is 0 Å². The number of ether oxygens (including phenoxy) is 2. The second kappa shape index (κ2) is 8.68. The summed E-state index contributed by atoms with van der Waals surface area (Å²) in [5.74, 6) is -0.165. The van der Waals surface area contributed by atoms with Crippen molar-refractivity contribution in [1.82, 2.24) is 15.5 Å². The highest BCUT2D eigenvalue weighted by molar-refractivity contribution is 5.87. The zero-order chi connectivity index (χ0) is 21.1. The highest BCUT2D eigenvalue weighted by Crippen LogP contribution is 2.33. The Balaban J connectivity index is 1.91. The molecule has 2 fully saturated rings. The van der Waals surface area contributed by atoms with E-state index >= 15 is 0 Å². The van der Waals surface area contributed by atoms with Crippen LogP contribution in [0.5, 0.6) is 0 Å². The average molecular weight is 398 g/mol. The predicted octanol–water partition coefficient (Wildman–Crippen LogP) is 2.17. The molecule has 1 aliphatic carbocycles. The monoisotopic (exact) mass is 397 g/mol. The summed E-state index contributed by atoms with van der Waals surface area (Å²) in [5.41, 5.74) is -1.63. The van der Waals surface area contributed by atoms with Crippen LogP contribution in [0.2, 0.25) is 0 Å². The molecular weight excluding hydrogens is 362 g/mol. The van der Waals surface area contributed by atoms with Crippen LogP contribution in [0.1, 0.15) is 67.2 Å². The summed E-state index contributed by atoms with van der Waals surface area (Å²) in [4.78, 5) is 38.9. The minimum Gasteiger partial charge on any atom is -0.444 e. The molecule has 2 N–H and O–H groups in total. The number of hydrogen-bond donors (Lipinski definition) is 2. The lowest BCUT2D eigenvalue weighted by Gasteiger charge is -2.34. The SMILES string of the molecule is C[C@@H]1OC(C)(C)N(C(=O)OC(C)(C)C)[C@H]1C(=O)NCCNC(=O)C1CCCC1. The van der Waals surface area contributed by atoms with E-state index in [0.717, 1.165) is 25.7 Å². The first-order chi connectivity index (χ1) is 12.9. The van der Waals surface area contributed by atoms with Gasteiger partial charge in [-0.1, -0.05) is 12.8 Å². The molecule has 0 aromatic rings. The van der Waals surface area contributed by atoms with E-state index in [0.29, 0.717) is 13.1 Å². The first-order valence-corrected chi connectivity index (χ1v) is 10.2. The van der Waals surface area contributed by atoms with Crippen LogP contribution in [0.3, 0.4) is 0 Å². The van der Waals surface area contributed by atoms with E-state index in [1.165, 1.54) is 4.90 Å². The number of nitrogens with zero attached hydrogens (tertiary/aromatic N) is 1. The van der Waals surface area contributed by atoms with Crippen molar-refractivity contribution in [2.24, 2.45) is 5.92 Å². The maximum atomic E-state index is 12.8. The van der Waals surface area contributed by atoms with Gasteiger partial charge in [0.15, 0.2) is 0 Å². The Morgan fingerprint density at radius 1 is 1.07 bits per heavy atom. The summed E-state index contributed by atoms with van der Waals surface area (Å²) >= 11 is 0. The van der Waals surface area contributed by atoms with E-state index in [1.54, 1.807) is 41.5 Å². The molecule has 1 saturated heterocycles. The summed E-state index contributed by atoms with van der Waals surface area (Å²) < 4.78 is 11.3. The van der Waals surface area contributed by atoms with Gasteiger partial charge in [0.25, 0.3) is 0 Å². The molecule has 2 atom stereocenters. The third kappa shape index (κ3) is 5.59. The molecule has 2 aliphatic rings. The smallest absolute Gasteiger partial charge is 0.413 e. The minimum atomic E-state index is -0.958. The normalized spacial score (nSPS) is 24.9. The van der Waals surface area contributed by atoms with Crippen molar-refractivity contribution in [3.8, 4) is 0 Å². The van der Waals surface area contributed by atoms with E-state index in [2.05, 4.69) is 10.6 Å². The van der Waals surface area contributed by atoms with Crippen LogP contribution in [0.25, 0.3) is 0 Å². The quantitative estimate of drug-likeness (QED) is 0.693. The molecule has 0 unspecified atom stereocenters. The van der Waals surface area contributed by atoms with Crippen LogP contribution in [-0.2, 0) is 19.1 Å². The fraction of sp³-hybridized carbons (Fsp3) is 0.850. The van der Waals surface area contributed by atoms with E-state index in [4.69, 9.17) is 9.47 Å². The second-order valence-corrected chi connectivity index (χ2v) is 9.13. The summed E-state index contributed by atoms with van der Waals surface area (Å²) in [6.45, 7) is 11.2. The van der Waals surface area contributed by atoms with Gasteiger partial charge in [-0.15, -0.1) is 0 Å². The van der Waals surface area contributed by atoms with Gasteiger partial charge < -0.3 is 20.1 Å². The van der Waals surface area contributed by atoms with Gasteiger partial charge in [0.2, 0.25) is 11.8 Å². The van der Waals surface area contributed by atoms with Gasteiger partial charge in [-0.25, -0.2) is 4.79 Å². The molecule has 1 saturated carbocycles. The highest BCUT2D eigenvalue weighted by atomic mass is 16.6. The van der Waals surface area contributed by atoms with Crippen molar-refractivity contribution in [3.63, 3.8) is 0 Å². The summed E-state index contributed by atoms with van der Waals surface area (Å²) in [5, 5.41) is 5.68. The van der Waals surface area contributed by atoms with Crippen LogP contribution in [0.4, 0.5) is 4.79 Å². The Morgan fingerprint density at radius 3 is 2.14 bits per heavy atom. The predicted molar refractivity (Wildman–Crippen MR) is 104 cm³/mol. The molecule has 0 aromatic carbocycles. The topological polar surface area (TPSA) is 97.0 Å². The van der Waals surface area contributed by atoms with E-state index in [9.17, 15) is 14.4 Å². The van der Waals surface area contributed by atoms with Crippen molar-refractivity contribution in [2.75, 3.05) is 13.1 Å². The van der Waals surface area contributed by atoms with Crippen molar-refractivity contribution < 1.29 is 23.9 Å². The molecule has 0 spiro atoms. The zero-order valence-corrected chi connectivity index (χ0v) is 18.0. The minimum absolute atomic E-state index is 0.0563. The fourth-order valence-electron chi connectivity index (χ4n) is 3.90. The lowest BCUT2D eigenvalue weighted by molar-refractivity contribution is -0.127. The molecule has 1 aliphatic heterocycles. The highest BCUT2D eigenvalue weighted by Gasteiger charge is 2.52. The number of carbonyl (C=O) groups is 3. The molecule has 0 radical (unpaired) electrons. The fourth-order valence-corrected chi connectivity index (χ4v) is 3.90. The maximum absolute atomic E-state index is 12.8. The number of amides is 3. The number of rotatable bonds is 5. The van der Waals surface area contributed by atoms with Crippen LogP contribution < -0.4 is 10.6 Å². The van der Waals surface area contributed by atoms with E-state index in [-0.39, 0.29) is 17.7 Å². The number of hydrogen-bond acceptors (Lipinski definition) is 5. The van der Waals surface area contributed by atoms with Crippen molar-refractivity contribution in [2.45, 2.75) is 90.7 Å². The third-order valence-corrected chi connectivity index (χ3v) is 5.09. The first-order valence-electron chi connectivity index (χ1n) is 10.2. The van der Waals surface area contributed by atoms with Crippen molar-refractivity contribution >= 4 is 17.9 Å². The number of nitrogens with one attached hydrogen (secondary N) is 2.